The molecule has 29 heavy (non-hydrogen) atoms. The Labute approximate surface area is 173 Å². The molecule has 0 N–H and O–H groups in total. The van der Waals surface area contributed by atoms with Gasteiger partial charge >= 0.3 is 0 Å². The third-order valence-corrected chi connectivity index (χ3v) is 5.78. The number of aryl methyl sites for hydroxylation is 3. The summed E-state index contributed by atoms with van der Waals surface area (Å²) in [6, 6.07) is 23.6. The molecule has 0 spiro atoms. The van der Waals surface area contributed by atoms with E-state index in [-0.39, 0.29) is 6.04 Å². The predicted octanol–water partition coefficient (Wildman–Crippen LogP) is 6.42. The second-order valence-corrected chi connectivity index (χ2v) is 7.89. The Morgan fingerprint density at radius 1 is 0.759 bits per heavy atom. The van der Waals surface area contributed by atoms with Crippen molar-refractivity contribution in [3.8, 4) is 11.3 Å². The molecule has 0 aliphatic heterocycles. The van der Waals surface area contributed by atoms with Crippen molar-refractivity contribution in [2.45, 2.75) is 33.7 Å². The first-order valence-corrected chi connectivity index (χ1v) is 10.1. The summed E-state index contributed by atoms with van der Waals surface area (Å²) in [6.07, 6.45) is 0. The quantitative estimate of drug-likeness (QED) is 0.408. The summed E-state index contributed by atoms with van der Waals surface area (Å²) in [5.41, 5.74) is 7.15. The Kier molecular flexibility index (Phi) is 5.06. The summed E-state index contributed by atoms with van der Waals surface area (Å²) >= 11 is 0. The third-order valence-electron chi connectivity index (χ3n) is 5.78. The molecule has 0 saturated heterocycles. The highest BCUT2D eigenvalue weighted by molar-refractivity contribution is 6.01. The fraction of sp³-hybridized carbons (Fsp3) is 0.231. The van der Waals surface area contributed by atoms with Crippen LogP contribution in [0.15, 0.2) is 66.7 Å². The van der Waals surface area contributed by atoms with Gasteiger partial charge in [0.2, 0.25) is 0 Å². The second-order valence-electron chi connectivity index (χ2n) is 7.89. The van der Waals surface area contributed by atoms with E-state index in [9.17, 15) is 0 Å². The van der Waals surface area contributed by atoms with Gasteiger partial charge in [0.25, 0.3) is 0 Å². The number of nitrogens with zero attached hydrogens (tertiary/aromatic N) is 3. The summed E-state index contributed by atoms with van der Waals surface area (Å²) in [5, 5.41) is 11.7. The van der Waals surface area contributed by atoms with Gasteiger partial charge in [-0.15, -0.1) is 10.2 Å². The molecule has 0 bridgehead atoms. The van der Waals surface area contributed by atoms with Crippen molar-refractivity contribution in [3.63, 3.8) is 0 Å². The van der Waals surface area contributed by atoms with Crippen LogP contribution < -0.4 is 4.90 Å². The Bertz CT molecular complexity index is 1140. The number of fused-ring (bicyclic) bond motifs is 1. The van der Waals surface area contributed by atoms with E-state index in [4.69, 9.17) is 10.2 Å². The van der Waals surface area contributed by atoms with Crippen LogP contribution in [0.3, 0.4) is 0 Å². The van der Waals surface area contributed by atoms with Crippen LogP contribution in [0.2, 0.25) is 0 Å². The zero-order valence-corrected chi connectivity index (χ0v) is 17.8. The minimum absolute atomic E-state index is 0.197. The lowest BCUT2D eigenvalue weighted by Crippen LogP contribution is -2.23. The number of benzene rings is 3. The van der Waals surface area contributed by atoms with Crippen molar-refractivity contribution in [3.05, 3.63) is 89.0 Å². The Morgan fingerprint density at radius 2 is 1.34 bits per heavy atom. The van der Waals surface area contributed by atoms with Crippen LogP contribution >= 0.6 is 0 Å². The fourth-order valence-electron chi connectivity index (χ4n) is 4.23. The van der Waals surface area contributed by atoms with Crippen LogP contribution in [0, 0.1) is 20.8 Å². The van der Waals surface area contributed by atoms with E-state index in [0.29, 0.717) is 0 Å². The van der Waals surface area contributed by atoms with E-state index in [0.717, 1.165) is 22.3 Å². The maximum atomic E-state index is 4.73. The molecule has 3 heteroatoms. The lowest BCUT2D eigenvalue weighted by Gasteiger charge is -2.27. The summed E-state index contributed by atoms with van der Waals surface area (Å²) in [7, 11) is 2.09. The van der Waals surface area contributed by atoms with E-state index < -0.39 is 0 Å². The van der Waals surface area contributed by atoms with Crippen LogP contribution in [-0.4, -0.2) is 17.2 Å². The number of hydrogen-bond donors (Lipinski definition) is 0. The molecule has 4 aromatic rings. The zero-order valence-electron chi connectivity index (χ0n) is 17.8. The predicted molar refractivity (Wildman–Crippen MR) is 122 cm³/mol. The fourth-order valence-corrected chi connectivity index (χ4v) is 4.23. The van der Waals surface area contributed by atoms with Gasteiger partial charge in [-0.2, -0.15) is 0 Å². The van der Waals surface area contributed by atoms with Crippen molar-refractivity contribution >= 4 is 16.6 Å². The van der Waals surface area contributed by atoms with Crippen molar-refractivity contribution in [2.75, 3.05) is 11.9 Å². The minimum atomic E-state index is 0.197. The van der Waals surface area contributed by atoms with E-state index in [1.807, 2.05) is 6.07 Å². The van der Waals surface area contributed by atoms with E-state index in [2.05, 4.69) is 100 Å². The Hall–Kier alpha value is -3.20. The summed E-state index contributed by atoms with van der Waals surface area (Å²) < 4.78 is 0. The van der Waals surface area contributed by atoms with Gasteiger partial charge in [0.05, 0.1) is 6.04 Å². The van der Waals surface area contributed by atoms with Gasteiger partial charge < -0.3 is 4.90 Å². The van der Waals surface area contributed by atoms with Crippen LogP contribution in [0.1, 0.15) is 35.2 Å². The van der Waals surface area contributed by atoms with Gasteiger partial charge in [-0.25, -0.2) is 0 Å². The maximum absolute atomic E-state index is 4.73. The molecule has 3 nitrogen and oxygen atoms in total. The number of hydrogen-bond acceptors (Lipinski definition) is 3. The van der Waals surface area contributed by atoms with Crippen LogP contribution in [0.25, 0.3) is 22.0 Å². The number of anilines is 1. The Balaban J connectivity index is 1.87. The molecule has 1 atom stereocenters. The van der Waals surface area contributed by atoms with E-state index in [1.54, 1.807) is 0 Å². The lowest BCUT2D eigenvalue weighted by atomic mass is 9.94. The van der Waals surface area contributed by atoms with E-state index in [1.165, 1.54) is 27.8 Å². The molecule has 0 fully saturated rings. The molecule has 0 saturated carbocycles. The van der Waals surface area contributed by atoms with Gasteiger partial charge in [-0.3, -0.25) is 0 Å². The van der Waals surface area contributed by atoms with Gasteiger partial charge in [0.1, 0.15) is 5.69 Å². The first-order chi connectivity index (χ1) is 14.0. The van der Waals surface area contributed by atoms with E-state index >= 15 is 0 Å². The topological polar surface area (TPSA) is 29.0 Å². The lowest BCUT2D eigenvalue weighted by molar-refractivity contribution is 0.725. The van der Waals surface area contributed by atoms with Gasteiger partial charge in [-0.1, -0.05) is 72.3 Å². The molecule has 0 aliphatic carbocycles. The van der Waals surface area contributed by atoms with Crippen LogP contribution in [-0.2, 0) is 0 Å². The van der Waals surface area contributed by atoms with Crippen LogP contribution in [0.4, 0.5) is 5.82 Å². The largest absolute Gasteiger partial charge is 0.351 e. The van der Waals surface area contributed by atoms with Gasteiger partial charge in [0.15, 0.2) is 5.82 Å². The first kappa shape index (κ1) is 19.1. The molecular weight excluding hydrogens is 354 g/mol. The van der Waals surface area contributed by atoms with Crippen molar-refractivity contribution < 1.29 is 0 Å². The highest BCUT2D eigenvalue weighted by atomic mass is 15.3. The highest BCUT2D eigenvalue weighted by Crippen LogP contribution is 2.36. The van der Waals surface area contributed by atoms with Gasteiger partial charge in [0, 0.05) is 23.4 Å². The molecular formula is C26H27N3. The van der Waals surface area contributed by atoms with Crippen molar-refractivity contribution in [2.24, 2.45) is 0 Å². The maximum Gasteiger partial charge on any atom is 0.159 e. The minimum Gasteiger partial charge on any atom is -0.351 e. The standard InChI is InChI=1S/C26H27N3/c1-17-15-18(2)24(19(3)16-17)25-22-13-9-10-14-23(22)26(28-27-25)29(5)20(4)21-11-7-6-8-12-21/h6-16,20H,1-5H3/t20-/m0/s1. The highest BCUT2D eigenvalue weighted by Gasteiger charge is 2.20. The summed E-state index contributed by atoms with van der Waals surface area (Å²) in [5.74, 6) is 0.906. The molecule has 0 aliphatic rings. The monoisotopic (exact) mass is 381 g/mol. The first-order valence-electron chi connectivity index (χ1n) is 10.1. The number of rotatable bonds is 4. The smallest absolute Gasteiger partial charge is 0.159 e. The van der Waals surface area contributed by atoms with Gasteiger partial charge in [-0.05, 0) is 44.4 Å². The summed E-state index contributed by atoms with van der Waals surface area (Å²) in [4.78, 5) is 2.21. The van der Waals surface area contributed by atoms with Crippen LogP contribution in [0.5, 0.6) is 0 Å². The van der Waals surface area contributed by atoms with Crippen molar-refractivity contribution in [1.29, 1.82) is 0 Å². The SMILES string of the molecule is Cc1cc(C)c(-c2nnc(N(C)[C@@H](C)c3ccccc3)c3ccccc23)c(C)c1. The average molecular weight is 382 g/mol. The molecule has 0 amide bonds. The molecule has 0 unspecified atom stereocenters. The molecule has 3 aromatic carbocycles. The Morgan fingerprint density at radius 3 is 2.00 bits per heavy atom. The zero-order chi connectivity index (χ0) is 20.5. The number of aromatic nitrogens is 2. The molecule has 1 heterocycles. The molecule has 1 aromatic heterocycles. The second kappa shape index (κ2) is 7.67. The van der Waals surface area contributed by atoms with Crippen molar-refractivity contribution in [1.82, 2.24) is 10.2 Å². The third kappa shape index (κ3) is 3.49. The average Bonchev–Trinajstić information content (AvgIpc) is 2.72. The molecule has 4 rings (SSSR count). The normalized spacial score (nSPS) is 12.2. The molecule has 0 radical (unpaired) electrons. The summed E-state index contributed by atoms with van der Waals surface area (Å²) in [6.45, 7) is 8.65. The molecule has 146 valence electrons.